The van der Waals surface area contributed by atoms with Gasteiger partial charge in [-0.15, -0.1) is 0 Å². The van der Waals surface area contributed by atoms with Crippen LogP contribution in [0.1, 0.15) is 17.4 Å². The fourth-order valence-electron chi connectivity index (χ4n) is 1.80. The predicted octanol–water partition coefficient (Wildman–Crippen LogP) is 3.58. The van der Waals surface area contributed by atoms with E-state index in [0.717, 1.165) is 0 Å². The number of aromatic nitrogens is 1. The molecule has 0 fully saturated rings. The highest BCUT2D eigenvalue weighted by Gasteiger charge is 2.16. The Hall–Kier alpha value is -2.31. The zero-order valence-corrected chi connectivity index (χ0v) is 14.2. The third-order valence-electron chi connectivity index (χ3n) is 2.80. The van der Waals surface area contributed by atoms with E-state index in [-0.39, 0.29) is 15.9 Å². The number of esters is 1. The maximum atomic E-state index is 11.9. The van der Waals surface area contributed by atoms with Gasteiger partial charge in [0.2, 0.25) is 0 Å². The third kappa shape index (κ3) is 4.84. The molecule has 0 saturated heterocycles. The van der Waals surface area contributed by atoms with E-state index in [4.69, 9.17) is 32.7 Å². The summed E-state index contributed by atoms with van der Waals surface area (Å²) >= 11 is 11.6. The fourth-order valence-corrected chi connectivity index (χ4v) is 2.13. The van der Waals surface area contributed by atoms with Crippen LogP contribution in [0.15, 0.2) is 36.4 Å². The monoisotopic (exact) mass is 368 g/mol. The highest BCUT2D eigenvalue weighted by atomic mass is 35.5. The first-order chi connectivity index (χ1) is 11.5. The minimum absolute atomic E-state index is 0.0894. The lowest BCUT2D eigenvalue weighted by Gasteiger charge is -2.11. The van der Waals surface area contributed by atoms with E-state index in [9.17, 15) is 9.59 Å². The second-order valence-electron chi connectivity index (χ2n) is 4.52. The number of anilines is 1. The maximum absolute atomic E-state index is 11.9. The van der Waals surface area contributed by atoms with Gasteiger partial charge in [0, 0.05) is 0 Å². The number of amides is 1. The molecule has 0 radical (unpaired) electrons. The first-order valence-corrected chi connectivity index (χ1v) is 7.77. The largest absolute Gasteiger partial charge is 0.492 e. The van der Waals surface area contributed by atoms with E-state index >= 15 is 0 Å². The summed E-state index contributed by atoms with van der Waals surface area (Å²) in [6, 6.07) is 9.80. The Morgan fingerprint density at radius 1 is 1.17 bits per heavy atom. The van der Waals surface area contributed by atoms with Gasteiger partial charge in [-0.05, 0) is 31.2 Å². The molecule has 2 aromatic rings. The Kier molecular flexibility index (Phi) is 6.40. The van der Waals surface area contributed by atoms with Crippen LogP contribution in [0.3, 0.4) is 0 Å². The van der Waals surface area contributed by atoms with E-state index in [2.05, 4.69) is 10.3 Å². The molecular weight excluding hydrogens is 355 g/mol. The van der Waals surface area contributed by atoms with E-state index in [0.29, 0.717) is 18.0 Å². The van der Waals surface area contributed by atoms with Gasteiger partial charge in [-0.25, -0.2) is 9.78 Å². The average molecular weight is 369 g/mol. The lowest BCUT2D eigenvalue weighted by Crippen LogP contribution is -2.21. The molecule has 1 aromatic carbocycles. The molecule has 1 heterocycles. The number of carbonyl (C=O) groups excluding carboxylic acids is 2. The maximum Gasteiger partial charge on any atom is 0.359 e. The minimum Gasteiger partial charge on any atom is -0.492 e. The number of para-hydroxylation sites is 2. The van der Waals surface area contributed by atoms with E-state index < -0.39 is 18.5 Å². The topological polar surface area (TPSA) is 77.5 Å². The molecule has 24 heavy (non-hydrogen) atoms. The Morgan fingerprint density at radius 2 is 1.92 bits per heavy atom. The van der Waals surface area contributed by atoms with Crippen molar-refractivity contribution in [3.63, 3.8) is 0 Å². The Labute approximate surface area is 148 Å². The molecule has 0 bridgehead atoms. The number of pyridine rings is 1. The summed E-state index contributed by atoms with van der Waals surface area (Å²) in [6.07, 6.45) is 0. The Balaban J connectivity index is 1.96. The molecule has 0 aliphatic rings. The number of hydrogen-bond donors (Lipinski definition) is 1. The quantitative estimate of drug-likeness (QED) is 0.622. The second-order valence-corrected chi connectivity index (χ2v) is 5.31. The Bertz CT molecular complexity index is 753. The molecule has 0 atom stereocenters. The van der Waals surface area contributed by atoms with Crippen LogP contribution in [0.2, 0.25) is 10.2 Å². The summed E-state index contributed by atoms with van der Waals surface area (Å²) in [4.78, 5) is 27.6. The minimum atomic E-state index is -0.837. The molecule has 126 valence electrons. The second kappa shape index (κ2) is 8.52. The summed E-state index contributed by atoms with van der Waals surface area (Å²) in [5.74, 6) is -0.830. The van der Waals surface area contributed by atoms with Crippen molar-refractivity contribution in [2.45, 2.75) is 6.92 Å². The van der Waals surface area contributed by atoms with Gasteiger partial charge >= 0.3 is 5.97 Å². The average Bonchev–Trinajstić information content (AvgIpc) is 2.57. The van der Waals surface area contributed by atoms with E-state index in [1.807, 2.05) is 6.92 Å². The van der Waals surface area contributed by atoms with Crippen LogP contribution in [-0.4, -0.2) is 30.1 Å². The molecule has 0 unspecified atom stereocenters. The SMILES string of the molecule is CCOc1ccccc1NC(=O)COC(=O)c1nc(Cl)ccc1Cl. The third-order valence-corrected chi connectivity index (χ3v) is 3.32. The molecule has 2 rings (SSSR count). The summed E-state index contributed by atoms with van der Waals surface area (Å²) in [5.41, 5.74) is 0.339. The number of hydrogen-bond acceptors (Lipinski definition) is 5. The summed E-state index contributed by atoms with van der Waals surface area (Å²) in [7, 11) is 0. The predicted molar refractivity (Wildman–Crippen MR) is 90.8 cm³/mol. The summed E-state index contributed by atoms with van der Waals surface area (Å²) in [6.45, 7) is 1.80. The van der Waals surface area contributed by atoms with Crippen molar-refractivity contribution < 1.29 is 19.1 Å². The van der Waals surface area contributed by atoms with Crippen LogP contribution in [0.5, 0.6) is 5.75 Å². The van der Waals surface area contributed by atoms with Crippen molar-refractivity contribution >= 4 is 40.8 Å². The van der Waals surface area contributed by atoms with Crippen LogP contribution < -0.4 is 10.1 Å². The van der Waals surface area contributed by atoms with Crippen LogP contribution in [-0.2, 0) is 9.53 Å². The van der Waals surface area contributed by atoms with Crippen molar-refractivity contribution in [1.82, 2.24) is 4.98 Å². The van der Waals surface area contributed by atoms with E-state index in [1.165, 1.54) is 12.1 Å². The van der Waals surface area contributed by atoms with Crippen molar-refractivity contribution in [1.29, 1.82) is 0 Å². The number of ether oxygens (including phenoxy) is 2. The fraction of sp³-hybridized carbons (Fsp3) is 0.188. The lowest BCUT2D eigenvalue weighted by molar-refractivity contribution is -0.119. The van der Waals surface area contributed by atoms with Gasteiger partial charge < -0.3 is 14.8 Å². The van der Waals surface area contributed by atoms with Crippen molar-refractivity contribution in [3.8, 4) is 5.75 Å². The number of halogens is 2. The van der Waals surface area contributed by atoms with Crippen molar-refractivity contribution in [2.75, 3.05) is 18.5 Å². The number of rotatable bonds is 6. The van der Waals surface area contributed by atoms with Gasteiger partial charge in [0.05, 0.1) is 17.3 Å². The Morgan fingerprint density at radius 3 is 2.67 bits per heavy atom. The molecule has 0 spiro atoms. The molecule has 6 nitrogen and oxygen atoms in total. The van der Waals surface area contributed by atoms with Crippen LogP contribution in [0.25, 0.3) is 0 Å². The number of carbonyl (C=O) groups is 2. The van der Waals surface area contributed by atoms with Crippen LogP contribution >= 0.6 is 23.2 Å². The highest BCUT2D eigenvalue weighted by Crippen LogP contribution is 2.23. The molecule has 1 N–H and O–H groups in total. The first kappa shape index (κ1) is 18.0. The van der Waals surface area contributed by atoms with Gasteiger partial charge in [0.15, 0.2) is 12.3 Å². The smallest absolute Gasteiger partial charge is 0.359 e. The molecule has 8 heteroatoms. The molecule has 0 aliphatic carbocycles. The molecule has 0 aliphatic heterocycles. The van der Waals surface area contributed by atoms with E-state index in [1.54, 1.807) is 24.3 Å². The normalized spacial score (nSPS) is 10.1. The molecule has 1 amide bonds. The number of nitrogens with zero attached hydrogens (tertiary/aromatic N) is 1. The van der Waals surface area contributed by atoms with Crippen LogP contribution in [0.4, 0.5) is 5.69 Å². The molecule has 0 saturated carbocycles. The first-order valence-electron chi connectivity index (χ1n) is 7.02. The van der Waals surface area contributed by atoms with Crippen molar-refractivity contribution in [3.05, 3.63) is 52.3 Å². The number of benzene rings is 1. The molecular formula is C16H14Cl2N2O4. The highest BCUT2D eigenvalue weighted by molar-refractivity contribution is 6.34. The van der Waals surface area contributed by atoms with Crippen molar-refractivity contribution in [2.24, 2.45) is 0 Å². The van der Waals surface area contributed by atoms with Gasteiger partial charge in [0.1, 0.15) is 10.9 Å². The van der Waals surface area contributed by atoms with Gasteiger partial charge in [-0.1, -0.05) is 35.3 Å². The molecule has 1 aromatic heterocycles. The standard InChI is InChI=1S/C16H14Cl2N2O4/c1-2-23-12-6-4-3-5-11(12)19-14(21)9-24-16(22)15-10(17)7-8-13(18)20-15/h3-8H,2,9H2,1H3,(H,19,21). The van der Waals surface area contributed by atoms with Gasteiger partial charge in [0.25, 0.3) is 5.91 Å². The summed E-state index contributed by atoms with van der Waals surface area (Å²) < 4.78 is 10.3. The number of nitrogens with one attached hydrogen (secondary N) is 1. The summed E-state index contributed by atoms with van der Waals surface area (Å²) in [5, 5.41) is 2.80. The zero-order chi connectivity index (χ0) is 17.5. The van der Waals surface area contributed by atoms with Gasteiger partial charge in [-0.3, -0.25) is 4.79 Å². The van der Waals surface area contributed by atoms with Gasteiger partial charge in [-0.2, -0.15) is 0 Å². The van der Waals surface area contributed by atoms with Crippen LogP contribution in [0, 0.1) is 0 Å². The zero-order valence-electron chi connectivity index (χ0n) is 12.7. The lowest BCUT2D eigenvalue weighted by atomic mass is 10.3.